The van der Waals surface area contributed by atoms with Crippen LogP contribution >= 0.6 is 45.2 Å². The zero-order chi connectivity index (χ0) is 16.3. The summed E-state index contributed by atoms with van der Waals surface area (Å²) in [7, 11) is 0. The number of rotatable bonds is 10. The molecular weight excluding hydrogens is 510 g/mol. The quantitative estimate of drug-likeness (QED) is 0.259. The van der Waals surface area contributed by atoms with Crippen LogP contribution in [0.5, 0.6) is 0 Å². The van der Waals surface area contributed by atoms with Crippen molar-refractivity contribution >= 4 is 45.2 Å². The van der Waals surface area contributed by atoms with Crippen LogP contribution in [0.15, 0.2) is 48.5 Å². The molecule has 0 saturated heterocycles. The van der Waals surface area contributed by atoms with E-state index in [1.807, 2.05) is 0 Å². The standard InChI is InChI=1S/C20H24I2O/c21-19-11-5-9-17(15-19)7-1-3-13-23-14-4-2-8-18-10-6-12-20(22)16-18/h5-6,9-12,15-16H,1-4,7-8,13-14H2. The maximum atomic E-state index is 5.75. The molecule has 0 spiro atoms. The highest BCUT2D eigenvalue weighted by atomic mass is 127. The summed E-state index contributed by atoms with van der Waals surface area (Å²) in [5, 5.41) is 0. The second-order valence-corrected chi connectivity index (χ2v) is 8.28. The van der Waals surface area contributed by atoms with Gasteiger partial charge >= 0.3 is 0 Å². The van der Waals surface area contributed by atoms with Gasteiger partial charge in [0.2, 0.25) is 0 Å². The van der Waals surface area contributed by atoms with Gasteiger partial charge in [0.05, 0.1) is 0 Å². The summed E-state index contributed by atoms with van der Waals surface area (Å²) >= 11 is 4.75. The molecule has 2 aromatic rings. The molecule has 0 aliphatic rings. The van der Waals surface area contributed by atoms with Gasteiger partial charge < -0.3 is 4.74 Å². The minimum atomic E-state index is 0.896. The Morgan fingerprint density at radius 1 is 0.652 bits per heavy atom. The van der Waals surface area contributed by atoms with E-state index >= 15 is 0 Å². The summed E-state index contributed by atoms with van der Waals surface area (Å²) in [4.78, 5) is 0. The minimum absolute atomic E-state index is 0.896. The lowest BCUT2D eigenvalue weighted by atomic mass is 10.1. The second kappa shape index (κ2) is 11.4. The molecule has 124 valence electrons. The molecule has 23 heavy (non-hydrogen) atoms. The first-order valence-corrected chi connectivity index (χ1v) is 10.5. The van der Waals surface area contributed by atoms with Crippen LogP contribution in [0.25, 0.3) is 0 Å². The second-order valence-electron chi connectivity index (χ2n) is 5.79. The maximum Gasteiger partial charge on any atom is 0.0466 e. The van der Waals surface area contributed by atoms with Crippen LogP contribution in [-0.2, 0) is 17.6 Å². The molecule has 0 N–H and O–H groups in total. The van der Waals surface area contributed by atoms with Gasteiger partial charge in [-0.2, -0.15) is 0 Å². The van der Waals surface area contributed by atoms with Crippen LogP contribution in [0, 0.1) is 7.14 Å². The summed E-state index contributed by atoms with van der Waals surface area (Å²) in [6, 6.07) is 17.5. The molecular formula is C20H24I2O. The normalized spacial score (nSPS) is 10.9. The van der Waals surface area contributed by atoms with Gasteiger partial charge in [-0.3, -0.25) is 0 Å². The molecule has 0 aromatic heterocycles. The van der Waals surface area contributed by atoms with Crippen molar-refractivity contribution in [2.75, 3.05) is 13.2 Å². The number of hydrogen-bond donors (Lipinski definition) is 0. The summed E-state index contributed by atoms with van der Waals surface area (Å²) in [5.74, 6) is 0. The fraction of sp³-hybridized carbons (Fsp3) is 0.400. The third-order valence-corrected chi connectivity index (χ3v) is 5.13. The summed E-state index contributed by atoms with van der Waals surface area (Å²) in [6.07, 6.45) is 7.05. The summed E-state index contributed by atoms with van der Waals surface area (Å²) < 4.78 is 8.40. The summed E-state index contributed by atoms with van der Waals surface area (Å²) in [6.45, 7) is 1.79. The Morgan fingerprint density at radius 2 is 1.13 bits per heavy atom. The molecule has 0 heterocycles. The molecule has 0 fully saturated rings. The van der Waals surface area contributed by atoms with Crippen molar-refractivity contribution in [2.45, 2.75) is 38.5 Å². The Kier molecular flexibility index (Phi) is 9.53. The Labute approximate surface area is 167 Å². The van der Waals surface area contributed by atoms with E-state index in [1.54, 1.807) is 0 Å². The molecule has 0 saturated carbocycles. The third kappa shape index (κ3) is 8.49. The van der Waals surface area contributed by atoms with E-state index in [-0.39, 0.29) is 0 Å². The van der Waals surface area contributed by atoms with E-state index in [9.17, 15) is 0 Å². The van der Waals surface area contributed by atoms with Gasteiger partial charge in [-0.15, -0.1) is 0 Å². The maximum absolute atomic E-state index is 5.75. The Balaban J connectivity index is 1.45. The van der Waals surface area contributed by atoms with Crippen molar-refractivity contribution in [1.82, 2.24) is 0 Å². The van der Waals surface area contributed by atoms with Gasteiger partial charge in [0.1, 0.15) is 0 Å². The van der Waals surface area contributed by atoms with Crippen LogP contribution in [0.4, 0.5) is 0 Å². The van der Waals surface area contributed by atoms with Crippen molar-refractivity contribution in [1.29, 1.82) is 0 Å². The molecule has 1 nitrogen and oxygen atoms in total. The van der Waals surface area contributed by atoms with Crippen LogP contribution in [0.3, 0.4) is 0 Å². The molecule has 0 aliphatic carbocycles. The lowest BCUT2D eigenvalue weighted by Gasteiger charge is -2.05. The van der Waals surface area contributed by atoms with Crippen LogP contribution in [-0.4, -0.2) is 13.2 Å². The first-order valence-electron chi connectivity index (χ1n) is 8.31. The zero-order valence-corrected chi connectivity index (χ0v) is 17.8. The molecule has 0 atom stereocenters. The van der Waals surface area contributed by atoms with Gasteiger partial charge in [-0.1, -0.05) is 24.3 Å². The average Bonchev–Trinajstić information content (AvgIpc) is 2.53. The van der Waals surface area contributed by atoms with E-state index in [4.69, 9.17) is 4.74 Å². The SMILES string of the molecule is Ic1cccc(CCCCOCCCCc2cccc(I)c2)c1. The fourth-order valence-corrected chi connectivity index (χ4v) is 3.77. The number of halogens is 2. The highest BCUT2D eigenvalue weighted by Gasteiger charge is 1.97. The highest BCUT2D eigenvalue weighted by molar-refractivity contribution is 14.1. The Morgan fingerprint density at radius 3 is 1.57 bits per heavy atom. The first-order chi connectivity index (χ1) is 11.2. The zero-order valence-electron chi connectivity index (χ0n) is 13.4. The molecule has 0 amide bonds. The van der Waals surface area contributed by atoms with Gasteiger partial charge in [0.25, 0.3) is 0 Å². The molecule has 0 unspecified atom stereocenters. The molecule has 3 heteroatoms. The fourth-order valence-electron chi connectivity index (χ4n) is 2.55. The van der Waals surface area contributed by atoms with Crippen molar-refractivity contribution in [3.8, 4) is 0 Å². The van der Waals surface area contributed by atoms with Gasteiger partial charge in [-0.25, -0.2) is 0 Å². The van der Waals surface area contributed by atoms with Gasteiger partial charge in [-0.05, 0) is 119 Å². The summed E-state index contributed by atoms with van der Waals surface area (Å²) in [5.41, 5.74) is 2.88. The minimum Gasteiger partial charge on any atom is -0.381 e. The monoisotopic (exact) mass is 534 g/mol. The van der Waals surface area contributed by atoms with E-state index in [1.165, 1.54) is 31.1 Å². The van der Waals surface area contributed by atoms with Crippen molar-refractivity contribution in [3.05, 3.63) is 66.8 Å². The lowest BCUT2D eigenvalue weighted by molar-refractivity contribution is 0.127. The lowest BCUT2D eigenvalue weighted by Crippen LogP contribution is -1.99. The molecule has 2 aromatic carbocycles. The number of benzene rings is 2. The van der Waals surface area contributed by atoms with Crippen LogP contribution in [0.1, 0.15) is 36.8 Å². The largest absolute Gasteiger partial charge is 0.381 e. The number of unbranched alkanes of at least 4 members (excludes halogenated alkanes) is 2. The van der Waals surface area contributed by atoms with Crippen molar-refractivity contribution in [2.24, 2.45) is 0 Å². The first kappa shape index (κ1) is 19.2. The predicted octanol–water partition coefficient (Wildman–Crippen LogP) is 6.26. The van der Waals surface area contributed by atoms with E-state index in [2.05, 4.69) is 93.7 Å². The van der Waals surface area contributed by atoms with E-state index < -0.39 is 0 Å². The predicted molar refractivity (Wildman–Crippen MR) is 115 cm³/mol. The molecule has 0 radical (unpaired) electrons. The number of aryl methyl sites for hydroxylation is 2. The topological polar surface area (TPSA) is 9.23 Å². The number of ether oxygens (including phenoxy) is 1. The van der Waals surface area contributed by atoms with E-state index in [0.717, 1.165) is 38.9 Å². The van der Waals surface area contributed by atoms with Crippen LogP contribution < -0.4 is 0 Å². The smallest absolute Gasteiger partial charge is 0.0466 e. The Hall–Kier alpha value is -0.140. The van der Waals surface area contributed by atoms with Crippen molar-refractivity contribution < 1.29 is 4.74 Å². The van der Waals surface area contributed by atoms with E-state index in [0.29, 0.717) is 0 Å². The van der Waals surface area contributed by atoms with Gasteiger partial charge in [0, 0.05) is 20.4 Å². The Bertz CT molecular complexity index is 532. The third-order valence-electron chi connectivity index (χ3n) is 3.79. The molecule has 2 rings (SSSR count). The average molecular weight is 534 g/mol. The number of hydrogen-bond acceptors (Lipinski definition) is 1. The highest BCUT2D eigenvalue weighted by Crippen LogP contribution is 2.12. The van der Waals surface area contributed by atoms with Gasteiger partial charge in [0.15, 0.2) is 0 Å². The molecule has 0 aliphatic heterocycles. The molecule has 0 bridgehead atoms. The van der Waals surface area contributed by atoms with Crippen molar-refractivity contribution in [3.63, 3.8) is 0 Å². The van der Waals surface area contributed by atoms with Crippen LogP contribution in [0.2, 0.25) is 0 Å².